The van der Waals surface area contributed by atoms with Crippen LogP contribution >= 0.6 is 0 Å². The molecular weight excluding hydrogens is 254 g/mol. The highest BCUT2D eigenvalue weighted by molar-refractivity contribution is 6.04. The lowest BCUT2D eigenvalue weighted by Gasteiger charge is -2.38. The van der Waals surface area contributed by atoms with Crippen molar-refractivity contribution in [3.05, 3.63) is 0 Å². The predicted molar refractivity (Wildman–Crippen MR) is 78.3 cm³/mol. The average molecular weight is 281 g/mol. The summed E-state index contributed by atoms with van der Waals surface area (Å²) in [4.78, 5) is 31.3. The molecule has 0 unspecified atom stereocenters. The highest BCUT2D eigenvalue weighted by atomic mass is 16.2. The van der Waals surface area contributed by atoms with Crippen LogP contribution < -0.4 is 0 Å². The van der Waals surface area contributed by atoms with E-state index in [2.05, 4.69) is 11.8 Å². The van der Waals surface area contributed by atoms with Crippen molar-refractivity contribution in [2.75, 3.05) is 45.8 Å². The van der Waals surface area contributed by atoms with Gasteiger partial charge in [-0.2, -0.15) is 0 Å². The molecule has 0 radical (unpaired) electrons. The van der Waals surface area contributed by atoms with Gasteiger partial charge in [0.1, 0.15) is 5.41 Å². The molecule has 2 saturated heterocycles. The number of carbonyl (C=O) groups excluding carboxylic acids is 2. The predicted octanol–water partition coefficient (Wildman–Crippen LogP) is 0.799. The average Bonchev–Trinajstić information content (AvgIpc) is 2.99. The number of carbonyl (C=O) groups is 2. The molecule has 0 aromatic carbocycles. The summed E-state index contributed by atoms with van der Waals surface area (Å²) in [5.74, 6) is -0.0110. The zero-order valence-electron chi connectivity index (χ0n) is 13.0. The molecule has 0 atom stereocenters. The third-order valence-electron chi connectivity index (χ3n) is 4.57. The molecule has 2 amide bonds. The third-order valence-corrected chi connectivity index (χ3v) is 4.57. The summed E-state index contributed by atoms with van der Waals surface area (Å²) < 4.78 is 0. The largest absolute Gasteiger partial charge is 0.342 e. The molecule has 5 nitrogen and oxygen atoms in total. The Labute approximate surface area is 121 Å². The molecule has 0 saturated carbocycles. The maximum atomic E-state index is 12.7. The molecule has 2 heterocycles. The van der Waals surface area contributed by atoms with Crippen LogP contribution in [0.25, 0.3) is 0 Å². The van der Waals surface area contributed by atoms with Crippen molar-refractivity contribution in [2.24, 2.45) is 5.41 Å². The number of likely N-dealkylation sites (N-methyl/N-ethyl adjacent to an activating group) is 1. The van der Waals surface area contributed by atoms with Crippen molar-refractivity contribution in [1.29, 1.82) is 0 Å². The van der Waals surface area contributed by atoms with Crippen LogP contribution in [0, 0.1) is 5.41 Å². The van der Waals surface area contributed by atoms with E-state index in [9.17, 15) is 9.59 Å². The van der Waals surface area contributed by atoms with Gasteiger partial charge in [-0.05, 0) is 33.2 Å². The van der Waals surface area contributed by atoms with Gasteiger partial charge in [0.05, 0.1) is 0 Å². The van der Waals surface area contributed by atoms with Gasteiger partial charge >= 0.3 is 0 Å². The van der Waals surface area contributed by atoms with E-state index in [0.29, 0.717) is 0 Å². The van der Waals surface area contributed by atoms with Crippen molar-refractivity contribution in [3.8, 4) is 0 Å². The second-order valence-electron chi connectivity index (χ2n) is 6.35. The molecule has 2 aliphatic heterocycles. The van der Waals surface area contributed by atoms with Crippen molar-refractivity contribution in [1.82, 2.24) is 14.7 Å². The summed E-state index contributed by atoms with van der Waals surface area (Å²) in [5.41, 5.74) is -0.918. The van der Waals surface area contributed by atoms with E-state index in [0.717, 1.165) is 58.7 Å². The number of piperazine rings is 1. The minimum Gasteiger partial charge on any atom is -0.342 e. The van der Waals surface area contributed by atoms with Gasteiger partial charge in [-0.1, -0.05) is 6.92 Å². The molecule has 2 rings (SSSR count). The summed E-state index contributed by atoms with van der Waals surface area (Å²) in [5, 5.41) is 0. The van der Waals surface area contributed by atoms with E-state index in [1.807, 2.05) is 9.80 Å². The van der Waals surface area contributed by atoms with Crippen molar-refractivity contribution in [3.63, 3.8) is 0 Å². The second-order valence-corrected chi connectivity index (χ2v) is 6.35. The fourth-order valence-corrected chi connectivity index (χ4v) is 3.07. The molecule has 0 bridgehead atoms. The minimum atomic E-state index is -0.918. The van der Waals surface area contributed by atoms with E-state index in [1.165, 1.54) is 0 Å². The van der Waals surface area contributed by atoms with Crippen LogP contribution in [0.5, 0.6) is 0 Å². The maximum Gasteiger partial charge on any atom is 0.237 e. The number of nitrogens with zero attached hydrogens (tertiary/aromatic N) is 3. The topological polar surface area (TPSA) is 43.9 Å². The summed E-state index contributed by atoms with van der Waals surface area (Å²) in [7, 11) is 0. The normalized spacial score (nSPS) is 21.4. The van der Waals surface area contributed by atoms with Crippen LogP contribution in [0.2, 0.25) is 0 Å². The fraction of sp³-hybridized carbons (Fsp3) is 0.867. The molecule has 114 valence electrons. The fourth-order valence-electron chi connectivity index (χ4n) is 3.07. The molecule has 5 heteroatoms. The van der Waals surface area contributed by atoms with Gasteiger partial charge in [0.2, 0.25) is 11.8 Å². The Bertz CT molecular complexity index is 367. The quantitative estimate of drug-likeness (QED) is 0.719. The van der Waals surface area contributed by atoms with Crippen LogP contribution in [0.15, 0.2) is 0 Å². The summed E-state index contributed by atoms with van der Waals surface area (Å²) in [6.07, 6.45) is 2.12. The van der Waals surface area contributed by atoms with E-state index in [4.69, 9.17) is 0 Å². The number of rotatable bonds is 3. The first-order chi connectivity index (χ1) is 9.46. The van der Waals surface area contributed by atoms with E-state index >= 15 is 0 Å². The second kappa shape index (κ2) is 6.12. The first-order valence-electron chi connectivity index (χ1n) is 7.78. The Hall–Kier alpha value is -1.10. The first-order valence-corrected chi connectivity index (χ1v) is 7.78. The van der Waals surface area contributed by atoms with Crippen LogP contribution in [0.3, 0.4) is 0 Å². The number of amides is 2. The lowest BCUT2D eigenvalue weighted by atomic mass is 9.89. The maximum absolute atomic E-state index is 12.7. The molecule has 0 aliphatic carbocycles. The summed E-state index contributed by atoms with van der Waals surface area (Å²) in [6, 6.07) is 0. The molecular formula is C15H27N3O2. The van der Waals surface area contributed by atoms with Gasteiger partial charge in [0.25, 0.3) is 0 Å². The van der Waals surface area contributed by atoms with E-state index in [-0.39, 0.29) is 11.8 Å². The number of hydrogen-bond donors (Lipinski definition) is 0. The van der Waals surface area contributed by atoms with Crippen molar-refractivity contribution < 1.29 is 9.59 Å². The summed E-state index contributed by atoms with van der Waals surface area (Å²) >= 11 is 0. The van der Waals surface area contributed by atoms with Crippen molar-refractivity contribution >= 4 is 11.8 Å². The molecule has 2 aliphatic rings. The Kier molecular flexibility index (Phi) is 4.68. The van der Waals surface area contributed by atoms with Crippen LogP contribution in [-0.2, 0) is 9.59 Å². The standard InChI is InChI=1S/C15H27N3O2/c1-4-16-9-11-18(12-10-16)14(20)15(2,3)13(19)17-7-5-6-8-17/h4-12H2,1-3H3. The monoisotopic (exact) mass is 281 g/mol. The Morgan fingerprint density at radius 3 is 1.75 bits per heavy atom. The molecule has 20 heavy (non-hydrogen) atoms. The van der Waals surface area contributed by atoms with Crippen molar-refractivity contribution in [2.45, 2.75) is 33.6 Å². The van der Waals surface area contributed by atoms with Gasteiger partial charge in [0, 0.05) is 39.3 Å². The minimum absolute atomic E-state index is 0.00192. The van der Waals surface area contributed by atoms with Crippen LogP contribution in [-0.4, -0.2) is 72.3 Å². The zero-order chi connectivity index (χ0) is 14.8. The Balaban J connectivity index is 1.98. The number of hydrogen-bond acceptors (Lipinski definition) is 3. The number of likely N-dealkylation sites (tertiary alicyclic amines) is 1. The van der Waals surface area contributed by atoms with Gasteiger partial charge in [0.15, 0.2) is 0 Å². The highest BCUT2D eigenvalue weighted by Crippen LogP contribution is 2.25. The molecule has 0 aromatic rings. The Morgan fingerprint density at radius 1 is 0.850 bits per heavy atom. The molecule has 0 spiro atoms. The van der Waals surface area contributed by atoms with Crippen LogP contribution in [0.1, 0.15) is 33.6 Å². The van der Waals surface area contributed by atoms with Gasteiger partial charge < -0.3 is 14.7 Å². The Morgan fingerprint density at radius 2 is 1.30 bits per heavy atom. The van der Waals surface area contributed by atoms with E-state index < -0.39 is 5.41 Å². The third kappa shape index (κ3) is 2.97. The smallest absolute Gasteiger partial charge is 0.237 e. The SMILES string of the molecule is CCN1CCN(C(=O)C(C)(C)C(=O)N2CCCC2)CC1. The summed E-state index contributed by atoms with van der Waals surface area (Å²) in [6.45, 7) is 11.6. The first kappa shape index (κ1) is 15.3. The van der Waals surface area contributed by atoms with Gasteiger partial charge in [-0.3, -0.25) is 9.59 Å². The molecule has 0 N–H and O–H groups in total. The zero-order valence-corrected chi connectivity index (χ0v) is 13.0. The highest BCUT2D eigenvalue weighted by Gasteiger charge is 2.42. The van der Waals surface area contributed by atoms with Gasteiger partial charge in [-0.15, -0.1) is 0 Å². The van der Waals surface area contributed by atoms with Crippen LogP contribution in [0.4, 0.5) is 0 Å². The molecule has 0 aromatic heterocycles. The molecule has 2 fully saturated rings. The lowest BCUT2D eigenvalue weighted by molar-refractivity contribution is -0.154. The van der Waals surface area contributed by atoms with E-state index in [1.54, 1.807) is 13.8 Å². The van der Waals surface area contributed by atoms with Gasteiger partial charge in [-0.25, -0.2) is 0 Å². The lowest BCUT2D eigenvalue weighted by Crippen LogP contribution is -2.55.